The van der Waals surface area contributed by atoms with Crippen LogP contribution in [0.25, 0.3) is 0 Å². The van der Waals surface area contributed by atoms with Crippen LogP contribution in [0.5, 0.6) is 0 Å². The molecule has 0 amide bonds. The first-order valence-electron chi connectivity index (χ1n) is 4.96. The largest absolute Gasteiger partial charge is 0.228 e. The Hall–Kier alpha value is 0.340. The quantitative estimate of drug-likeness (QED) is 0.699. The van der Waals surface area contributed by atoms with E-state index in [0.717, 1.165) is 24.4 Å². The van der Waals surface area contributed by atoms with E-state index in [1.807, 2.05) is 0 Å². The first-order valence-corrected chi connectivity index (χ1v) is 9.75. The summed E-state index contributed by atoms with van der Waals surface area (Å²) in [4.78, 5) is 0. The van der Waals surface area contributed by atoms with Crippen LogP contribution >= 0.6 is 15.9 Å². The number of halogens is 1. The number of hydrogen-bond donors (Lipinski definition) is 0. The maximum atomic E-state index is 11.7. The third kappa shape index (κ3) is 4.31. The number of sulfonamides is 1. The standard InChI is InChI=1S/C8H16BrNO4S2/c1-15(11,12)7-16(13,14)10-4-2-8(6-9)3-5-10/h8H,2-7H2,1H3. The Morgan fingerprint density at radius 1 is 1.19 bits per heavy atom. The van der Waals surface area contributed by atoms with Gasteiger partial charge < -0.3 is 0 Å². The zero-order valence-corrected chi connectivity index (χ0v) is 12.3. The minimum atomic E-state index is -3.64. The van der Waals surface area contributed by atoms with Crippen LogP contribution in [0, 0.1) is 5.92 Å². The summed E-state index contributed by atoms with van der Waals surface area (Å²) in [5.74, 6) is 0.490. The van der Waals surface area contributed by atoms with Crippen LogP contribution in [-0.4, -0.2) is 50.9 Å². The minimum absolute atomic E-state index is 0.425. The average Bonchev–Trinajstić information content (AvgIpc) is 2.14. The molecule has 1 aliphatic rings. The predicted molar refractivity (Wildman–Crippen MR) is 66.7 cm³/mol. The molecule has 0 aromatic heterocycles. The highest BCUT2D eigenvalue weighted by atomic mass is 79.9. The van der Waals surface area contributed by atoms with E-state index in [0.29, 0.717) is 19.0 Å². The van der Waals surface area contributed by atoms with Crippen LogP contribution in [0.15, 0.2) is 0 Å². The molecule has 0 radical (unpaired) electrons. The molecule has 0 N–H and O–H groups in total. The van der Waals surface area contributed by atoms with Gasteiger partial charge in [-0.2, -0.15) is 0 Å². The number of alkyl halides is 1. The zero-order valence-electron chi connectivity index (χ0n) is 9.09. The summed E-state index contributed by atoms with van der Waals surface area (Å²) < 4.78 is 46.7. The molecule has 5 nitrogen and oxygen atoms in total. The van der Waals surface area contributed by atoms with Crippen LogP contribution in [0.2, 0.25) is 0 Å². The van der Waals surface area contributed by atoms with Crippen molar-refractivity contribution in [1.82, 2.24) is 4.31 Å². The lowest BCUT2D eigenvalue weighted by Gasteiger charge is -2.29. The van der Waals surface area contributed by atoms with Crippen molar-refractivity contribution in [2.75, 3.05) is 29.8 Å². The Kier molecular flexibility index (Phi) is 4.79. The smallest absolute Gasteiger partial charge is 0.228 e. The zero-order chi connectivity index (χ0) is 12.4. The van der Waals surface area contributed by atoms with Crippen molar-refractivity contribution >= 4 is 35.8 Å². The fraction of sp³-hybridized carbons (Fsp3) is 1.00. The Morgan fingerprint density at radius 3 is 2.06 bits per heavy atom. The fourth-order valence-electron chi connectivity index (χ4n) is 1.69. The number of piperidine rings is 1. The van der Waals surface area contributed by atoms with Gasteiger partial charge in [0.25, 0.3) is 0 Å². The maximum absolute atomic E-state index is 11.7. The van der Waals surface area contributed by atoms with Crippen molar-refractivity contribution in [3.63, 3.8) is 0 Å². The second-order valence-electron chi connectivity index (χ2n) is 4.15. The molecule has 1 saturated heterocycles. The second kappa shape index (κ2) is 5.32. The third-order valence-corrected chi connectivity index (χ3v) is 7.52. The second-order valence-corrected chi connectivity index (χ2v) is 9.27. The predicted octanol–water partition coefficient (Wildman–Crippen LogP) is 0.425. The highest BCUT2D eigenvalue weighted by Gasteiger charge is 2.30. The van der Waals surface area contributed by atoms with E-state index in [2.05, 4.69) is 15.9 Å². The van der Waals surface area contributed by atoms with Crippen molar-refractivity contribution in [2.45, 2.75) is 12.8 Å². The fourth-order valence-corrected chi connectivity index (χ4v) is 5.86. The van der Waals surface area contributed by atoms with E-state index < -0.39 is 24.9 Å². The van der Waals surface area contributed by atoms with Gasteiger partial charge in [-0.25, -0.2) is 21.1 Å². The molecule has 0 spiro atoms. The van der Waals surface area contributed by atoms with Gasteiger partial charge >= 0.3 is 0 Å². The Balaban J connectivity index is 2.66. The Labute approximate surface area is 105 Å². The first-order chi connectivity index (χ1) is 7.24. The van der Waals surface area contributed by atoms with E-state index in [-0.39, 0.29) is 0 Å². The third-order valence-electron chi connectivity index (χ3n) is 2.55. The molecular formula is C8H16BrNO4S2. The molecule has 16 heavy (non-hydrogen) atoms. The monoisotopic (exact) mass is 333 g/mol. The van der Waals surface area contributed by atoms with Gasteiger partial charge in [-0.15, -0.1) is 0 Å². The van der Waals surface area contributed by atoms with Gasteiger partial charge in [0, 0.05) is 24.7 Å². The summed E-state index contributed by atoms with van der Waals surface area (Å²) in [5.41, 5.74) is 0. The van der Waals surface area contributed by atoms with E-state index in [9.17, 15) is 16.8 Å². The molecule has 0 atom stereocenters. The van der Waals surface area contributed by atoms with Crippen molar-refractivity contribution < 1.29 is 16.8 Å². The van der Waals surface area contributed by atoms with Crippen LogP contribution in [0.3, 0.4) is 0 Å². The highest BCUT2D eigenvalue weighted by molar-refractivity contribution is 9.09. The normalized spacial score (nSPS) is 21.1. The van der Waals surface area contributed by atoms with Crippen LogP contribution < -0.4 is 0 Å². The molecule has 0 saturated carbocycles. The van der Waals surface area contributed by atoms with E-state index in [1.54, 1.807) is 0 Å². The van der Waals surface area contributed by atoms with Crippen LogP contribution in [-0.2, 0) is 19.9 Å². The molecule has 1 heterocycles. The van der Waals surface area contributed by atoms with E-state index in [1.165, 1.54) is 4.31 Å². The Morgan fingerprint density at radius 2 is 1.69 bits per heavy atom. The SMILES string of the molecule is CS(=O)(=O)CS(=O)(=O)N1CCC(CBr)CC1. The lowest BCUT2D eigenvalue weighted by Crippen LogP contribution is -2.41. The van der Waals surface area contributed by atoms with Gasteiger partial charge in [0.05, 0.1) is 0 Å². The molecule has 0 aliphatic carbocycles. The summed E-state index contributed by atoms with van der Waals surface area (Å²) in [6.45, 7) is 0.849. The summed E-state index contributed by atoms with van der Waals surface area (Å²) in [6.07, 6.45) is 2.51. The summed E-state index contributed by atoms with van der Waals surface area (Å²) >= 11 is 3.37. The van der Waals surface area contributed by atoms with Crippen molar-refractivity contribution in [3.05, 3.63) is 0 Å². The molecule has 1 fully saturated rings. The number of rotatable bonds is 4. The maximum Gasteiger partial charge on any atom is 0.228 e. The van der Waals surface area contributed by atoms with E-state index in [4.69, 9.17) is 0 Å². The molecule has 1 rings (SSSR count). The minimum Gasteiger partial charge on any atom is -0.228 e. The van der Waals surface area contributed by atoms with Crippen molar-refractivity contribution in [2.24, 2.45) is 5.92 Å². The molecule has 8 heteroatoms. The lowest BCUT2D eigenvalue weighted by atomic mass is 10.0. The highest BCUT2D eigenvalue weighted by Crippen LogP contribution is 2.21. The number of hydrogen-bond acceptors (Lipinski definition) is 4. The molecule has 0 aromatic carbocycles. The van der Waals surface area contributed by atoms with Crippen LogP contribution in [0.1, 0.15) is 12.8 Å². The average molecular weight is 334 g/mol. The lowest BCUT2D eigenvalue weighted by molar-refractivity contribution is 0.293. The molecule has 0 bridgehead atoms. The Bertz CT molecular complexity index is 423. The summed E-state index contributed by atoms with van der Waals surface area (Å²) in [6, 6.07) is 0. The molecule has 0 unspecified atom stereocenters. The summed E-state index contributed by atoms with van der Waals surface area (Å²) in [7, 11) is -7.13. The van der Waals surface area contributed by atoms with Crippen molar-refractivity contribution in [1.29, 1.82) is 0 Å². The van der Waals surface area contributed by atoms with E-state index >= 15 is 0 Å². The number of sulfone groups is 1. The van der Waals surface area contributed by atoms with Gasteiger partial charge in [-0.05, 0) is 18.8 Å². The number of nitrogens with zero attached hydrogens (tertiary/aromatic N) is 1. The molecule has 0 aromatic rings. The van der Waals surface area contributed by atoms with Gasteiger partial charge in [-0.3, -0.25) is 0 Å². The first kappa shape index (κ1) is 14.4. The van der Waals surface area contributed by atoms with Gasteiger partial charge in [0.2, 0.25) is 10.0 Å². The van der Waals surface area contributed by atoms with Gasteiger partial charge in [0.15, 0.2) is 14.9 Å². The van der Waals surface area contributed by atoms with Crippen LogP contribution in [0.4, 0.5) is 0 Å². The molecule has 96 valence electrons. The van der Waals surface area contributed by atoms with Gasteiger partial charge in [0.1, 0.15) is 0 Å². The summed E-state index contributed by atoms with van der Waals surface area (Å²) in [5, 5.41) is 0.0892. The topological polar surface area (TPSA) is 71.5 Å². The molecule has 1 aliphatic heterocycles. The molecular weight excluding hydrogens is 318 g/mol. The van der Waals surface area contributed by atoms with Crippen molar-refractivity contribution in [3.8, 4) is 0 Å². The van der Waals surface area contributed by atoms with Gasteiger partial charge in [-0.1, -0.05) is 15.9 Å².